The van der Waals surface area contributed by atoms with Crippen LogP contribution in [0, 0.1) is 10.1 Å². The Hall–Kier alpha value is -3.10. The Labute approximate surface area is 181 Å². The van der Waals surface area contributed by atoms with Crippen molar-refractivity contribution in [3.8, 4) is 11.3 Å². The first-order valence-electron chi connectivity index (χ1n) is 9.26. The maximum atomic E-state index is 12.6. The number of rotatable bonds is 4. The number of thiazole rings is 1. The number of carbonyl (C=O) groups excluding carboxylic acids is 1. The van der Waals surface area contributed by atoms with Crippen LogP contribution in [0.4, 0.5) is 10.8 Å². The second kappa shape index (κ2) is 7.62. The van der Waals surface area contributed by atoms with Gasteiger partial charge in [0.15, 0.2) is 5.13 Å². The van der Waals surface area contributed by atoms with Crippen LogP contribution in [-0.2, 0) is 5.41 Å². The van der Waals surface area contributed by atoms with Gasteiger partial charge in [0.05, 0.1) is 15.5 Å². The smallest absolute Gasteiger partial charge is 0.270 e. The zero-order chi connectivity index (χ0) is 21.5. The minimum atomic E-state index is -0.442. The quantitative estimate of drug-likeness (QED) is 0.292. The molecule has 2 heterocycles. The first kappa shape index (κ1) is 20.2. The van der Waals surface area contributed by atoms with E-state index in [1.54, 1.807) is 12.1 Å². The van der Waals surface area contributed by atoms with Gasteiger partial charge in [-0.2, -0.15) is 0 Å². The molecule has 0 atom stereocenters. The van der Waals surface area contributed by atoms with E-state index >= 15 is 0 Å². The van der Waals surface area contributed by atoms with Gasteiger partial charge in [0, 0.05) is 33.2 Å². The summed E-state index contributed by atoms with van der Waals surface area (Å²) >= 11 is 2.66. The fourth-order valence-electron chi connectivity index (χ4n) is 3.02. The van der Waals surface area contributed by atoms with Crippen molar-refractivity contribution in [2.75, 3.05) is 5.32 Å². The van der Waals surface area contributed by atoms with Crippen molar-refractivity contribution in [1.82, 2.24) is 4.98 Å². The van der Waals surface area contributed by atoms with E-state index in [9.17, 15) is 14.9 Å². The molecule has 6 nitrogen and oxygen atoms in total. The van der Waals surface area contributed by atoms with Crippen LogP contribution in [-0.4, -0.2) is 15.8 Å². The molecular weight excluding hydrogens is 418 g/mol. The van der Waals surface area contributed by atoms with E-state index in [0.29, 0.717) is 15.4 Å². The van der Waals surface area contributed by atoms with Gasteiger partial charge in [-0.3, -0.25) is 20.2 Å². The van der Waals surface area contributed by atoms with Crippen LogP contribution >= 0.6 is 22.7 Å². The van der Waals surface area contributed by atoms with Gasteiger partial charge in [0.25, 0.3) is 11.6 Å². The lowest BCUT2D eigenvalue weighted by atomic mass is 9.86. The normalized spacial score (nSPS) is 11.6. The summed E-state index contributed by atoms with van der Waals surface area (Å²) in [6.45, 7) is 6.51. The first-order valence-corrected chi connectivity index (χ1v) is 11.0. The molecule has 4 rings (SSSR count). The maximum absolute atomic E-state index is 12.6. The van der Waals surface area contributed by atoms with Crippen molar-refractivity contribution in [3.63, 3.8) is 0 Å². The molecule has 152 valence electrons. The summed E-state index contributed by atoms with van der Waals surface area (Å²) < 4.78 is 0.824. The van der Waals surface area contributed by atoms with Crippen LogP contribution in [0.5, 0.6) is 0 Å². The molecule has 0 aliphatic heterocycles. The SMILES string of the molecule is CC(C)(C)c1ccc(-c2csc(NC(=O)c3cc4cc([N+](=O)[O-])ccc4s3)n2)cc1. The molecular formula is C22H19N3O3S2. The van der Waals surface area contributed by atoms with Crippen molar-refractivity contribution in [2.45, 2.75) is 26.2 Å². The summed E-state index contributed by atoms with van der Waals surface area (Å²) in [6, 6.07) is 14.5. The van der Waals surface area contributed by atoms with E-state index in [1.165, 1.54) is 40.4 Å². The lowest BCUT2D eigenvalue weighted by Gasteiger charge is -2.18. The molecule has 0 saturated carbocycles. The maximum Gasteiger partial charge on any atom is 0.270 e. The number of anilines is 1. The Bertz CT molecular complexity index is 1250. The molecule has 0 aliphatic carbocycles. The van der Waals surface area contributed by atoms with Crippen LogP contribution in [0.2, 0.25) is 0 Å². The molecule has 2 aromatic carbocycles. The number of thiophene rings is 1. The van der Waals surface area contributed by atoms with Gasteiger partial charge in [-0.15, -0.1) is 22.7 Å². The predicted octanol–water partition coefficient (Wildman–Crippen LogP) is 6.48. The zero-order valence-corrected chi connectivity index (χ0v) is 18.3. The number of aromatic nitrogens is 1. The average molecular weight is 438 g/mol. The van der Waals surface area contributed by atoms with Gasteiger partial charge in [-0.25, -0.2) is 4.98 Å². The molecule has 1 amide bonds. The third-order valence-corrected chi connectivity index (χ3v) is 6.58. The number of fused-ring (bicyclic) bond motifs is 1. The molecule has 0 unspecified atom stereocenters. The highest BCUT2D eigenvalue weighted by Gasteiger charge is 2.16. The Balaban J connectivity index is 1.51. The Morgan fingerprint density at radius 1 is 1.10 bits per heavy atom. The lowest BCUT2D eigenvalue weighted by molar-refractivity contribution is -0.384. The van der Waals surface area contributed by atoms with Crippen molar-refractivity contribution >= 4 is 49.5 Å². The van der Waals surface area contributed by atoms with Crippen LogP contribution in [0.1, 0.15) is 36.0 Å². The van der Waals surface area contributed by atoms with Gasteiger partial charge < -0.3 is 0 Å². The van der Waals surface area contributed by atoms with Crippen LogP contribution in [0.3, 0.4) is 0 Å². The third kappa shape index (κ3) is 4.10. The minimum Gasteiger partial charge on any atom is -0.297 e. The summed E-state index contributed by atoms with van der Waals surface area (Å²) in [4.78, 5) is 28.1. The summed E-state index contributed by atoms with van der Waals surface area (Å²) in [5.74, 6) is -0.275. The highest BCUT2D eigenvalue weighted by Crippen LogP contribution is 2.31. The zero-order valence-electron chi connectivity index (χ0n) is 16.6. The number of amides is 1. The molecule has 0 radical (unpaired) electrons. The average Bonchev–Trinajstić information content (AvgIpc) is 3.33. The molecule has 8 heteroatoms. The monoisotopic (exact) mass is 437 g/mol. The number of nitro groups is 1. The number of nitrogens with zero attached hydrogens (tertiary/aromatic N) is 2. The van der Waals surface area contributed by atoms with Gasteiger partial charge in [-0.1, -0.05) is 45.0 Å². The van der Waals surface area contributed by atoms with E-state index in [2.05, 4.69) is 43.2 Å². The first-order chi connectivity index (χ1) is 14.2. The number of non-ortho nitro benzene ring substituents is 1. The van der Waals surface area contributed by atoms with Crippen molar-refractivity contribution in [2.24, 2.45) is 0 Å². The number of carbonyl (C=O) groups is 1. The van der Waals surface area contributed by atoms with E-state index < -0.39 is 4.92 Å². The number of hydrogen-bond donors (Lipinski definition) is 1. The van der Waals surface area contributed by atoms with Gasteiger partial charge in [0.2, 0.25) is 0 Å². The standard InChI is InChI=1S/C22H19N3O3S2/c1-22(2,3)15-6-4-13(5-7-15)17-12-29-21(23-17)24-20(26)19-11-14-10-16(25(27)28)8-9-18(14)30-19/h4-12H,1-3H3,(H,23,24,26). The molecule has 0 fully saturated rings. The van der Waals surface area contributed by atoms with Crippen LogP contribution in [0.15, 0.2) is 53.9 Å². The van der Waals surface area contributed by atoms with Crippen molar-refractivity contribution in [3.05, 3.63) is 74.5 Å². The van der Waals surface area contributed by atoms with E-state index in [-0.39, 0.29) is 17.0 Å². The van der Waals surface area contributed by atoms with E-state index in [4.69, 9.17) is 0 Å². The Morgan fingerprint density at radius 2 is 1.83 bits per heavy atom. The fraction of sp³-hybridized carbons (Fsp3) is 0.182. The molecule has 1 N–H and O–H groups in total. The molecule has 4 aromatic rings. The number of hydrogen-bond acceptors (Lipinski definition) is 6. The molecule has 0 aliphatic rings. The lowest BCUT2D eigenvalue weighted by Crippen LogP contribution is -2.10. The highest BCUT2D eigenvalue weighted by molar-refractivity contribution is 7.21. The summed E-state index contributed by atoms with van der Waals surface area (Å²) in [6.07, 6.45) is 0. The second-order valence-electron chi connectivity index (χ2n) is 7.91. The topological polar surface area (TPSA) is 85.1 Å². The van der Waals surface area contributed by atoms with E-state index in [0.717, 1.165) is 16.0 Å². The number of nitrogens with one attached hydrogen (secondary N) is 1. The Kier molecular flexibility index (Phi) is 5.13. The van der Waals surface area contributed by atoms with Gasteiger partial charge >= 0.3 is 0 Å². The third-order valence-electron chi connectivity index (χ3n) is 4.71. The van der Waals surface area contributed by atoms with Gasteiger partial charge in [-0.05, 0) is 23.1 Å². The predicted molar refractivity (Wildman–Crippen MR) is 123 cm³/mol. The molecule has 2 aromatic heterocycles. The molecule has 0 bridgehead atoms. The van der Waals surface area contributed by atoms with Crippen LogP contribution < -0.4 is 5.32 Å². The van der Waals surface area contributed by atoms with Crippen molar-refractivity contribution in [1.29, 1.82) is 0 Å². The summed E-state index contributed by atoms with van der Waals surface area (Å²) in [5.41, 5.74) is 3.15. The number of benzene rings is 2. The fourth-order valence-corrected chi connectivity index (χ4v) is 4.67. The van der Waals surface area contributed by atoms with E-state index in [1.807, 2.05) is 17.5 Å². The molecule has 0 spiro atoms. The summed E-state index contributed by atoms with van der Waals surface area (Å²) in [7, 11) is 0. The highest BCUT2D eigenvalue weighted by atomic mass is 32.1. The van der Waals surface area contributed by atoms with Gasteiger partial charge in [0.1, 0.15) is 0 Å². The second-order valence-corrected chi connectivity index (χ2v) is 9.85. The Morgan fingerprint density at radius 3 is 2.50 bits per heavy atom. The van der Waals surface area contributed by atoms with Crippen molar-refractivity contribution < 1.29 is 9.72 Å². The largest absolute Gasteiger partial charge is 0.297 e. The summed E-state index contributed by atoms with van der Waals surface area (Å²) in [5, 5.41) is 16.9. The minimum absolute atomic E-state index is 0.00861. The van der Waals surface area contributed by atoms with Crippen LogP contribution in [0.25, 0.3) is 21.3 Å². The molecule has 0 saturated heterocycles. The molecule has 30 heavy (non-hydrogen) atoms. The number of nitro benzene ring substituents is 1.